The second-order valence-corrected chi connectivity index (χ2v) is 6.15. The molecule has 1 amide bonds. The summed E-state index contributed by atoms with van der Waals surface area (Å²) >= 11 is 3.35. The first-order chi connectivity index (χ1) is 11.6. The second kappa shape index (κ2) is 7.23. The zero-order valence-electron chi connectivity index (χ0n) is 13.0. The van der Waals surface area contributed by atoms with Gasteiger partial charge in [-0.3, -0.25) is 4.79 Å². The largest absolute Gasteiger partial charge is 0.339 e. The molecular formula is C18H15BrN4O. The number of nitrogens with zero attached hydrogens (tertiary/aromatic N) is 2. The number of halogens is 1. The molecule has 1 aromatic heterocycles. The lowest BCUT2D eigenvalue weighted by Gasteiger charge is -2.07. The van der Waals surface area contributed by atoms with Gasteiger partial charge >= 0.3 is 0 Å². The fraction of sp³-hybridized carbons (Fsp3) is 0.0556. The van der Waals surface area contributed by atoms with Gasteiger partial charge in [0.05, 0.1) is 12.4 Å². The van der Waals surface area contributed by atoms with Crippen LogP contribution in [0.25, 0.3) is 0 Å². The zero-order chi connectivity index (χ0) is 16.9. The van der Waals surface area contributed by atoms with Crippen molar-refractivity contribution in [3.63, 3.8) is 0 Å². The highest BCUT2D eigenvalue weighted by atomic mass is 79.9. The first-order valence-electron chi connectivity index (χ1n) is 7.33. The smallest absolute Gasteiger partial charge is 0.275 e. The van der Waals surface area contributed by atoms with Crippen molar-refractivity contribution in [3.05, 3.63) is 76.7 Å². The third-order valence-corrected chi connectivity index (χ3v) is 3.84. The fourth-order valence-electron chi connectivity index (χ4n) is 2.02. The third kappa shape index (κ3) is 4.17. The summed E-state index contributed by atoms with van der Waals surface area (Å²) in [6.07, 6.45) is 2.99. The fourth-order valence-corrected chi connectivity index (χ4v) is 2.29. The van der Waals surface area contributed by atoms with Gasteiger partial charge in [0, 0.05) is 15.8 Å². The lowest BCUT2D eigenvalue weighted by atomic mass is 10.2. The third-order valence-electron chi connectivity index (χ3n) is 3.31. The van der Waals surface area contributed by atoms with Gasteiger partial charge in [0.2, 0.25) is 0 Å². The topological polar surface area (TPSA) is 66.9 Å². The van der Waals surface area contributed by atoms with Crippen LogP contribution in [0.2, 0.25) is 0 Å². The molecule has 0 aliphatic heterocycles. The number of hydrogen-bond donors (Lipinski definition) is 2. The van der Waals surface area contributed by atoms with E-state index < -0.39 is 0 Å². The van der Waals surface area contributed by atoms with Crippen molar-refractivity contribution in [1.82, 2.24) is 9.97 Å². The molecule has 2 aromatic carbocycles. The number of hydrogen-bond acceptors (Lipinski definition) is 4. The molecular weight excluding hydrogens is 368 g/mol. The maximum Gasteiger partial charge on any atom is 0.275 e. The van der Waals surface area contributed by atoms with Gasteiger partial charge in [0.25, 0.3) is 5.91 Å². The number of rotatable bonds is 4. The second-order valence-electron chi connectivity index (χ2n) is 5.24. The molecule has 0 atom stereocenters. The molecule has 0 fully saturated rings. The van der Waals surface area contributed by atoms with Crippen LogP contribution in [0, 0.1) is 6.92 Å². The van der Waals surface area contributed by atoms with E-state index in [2.05, 4.69) is 36.5 Å². The van der Waals surface area contributed by atoms with Crippen LogP contribution in [-0.2, 0) is 0 Å². The van der Waals surface area contributed by atoms with E-state index in [1.165, 1.54) is 18.0 Å². The maximum atomic E-state index is 12.2. The molecule has 2 N–H and O–H groups in total. The summed E-state index contributed by atoms with van der Waals surface area (Å²) in [4.78, 5) is 20.6. The number of aryl methyl sites for hydroxylation is 1. The van der Waals surface area contributed by atoms with E-state index >= 15 is 0 Å². The summed E-state index contributed by atoms with van der Waals surface area (Å²) < 4.78 is 0.951. The highest BCUT2D eigenvalue weighted by molar-refractivity contribution is 9.10. The molecule has 1 heterocycles. The van der Waals surface area contributed by atoms with Crippen molar-refractivity contribution in [2.75, 3.05) is 10.6 Å². The molecule has 0 aliphatic rings. The lowest BCUT2D eigenvalue weighted by Crippen LogP contribution is -2.14. The molecule has 0 saturated carbocycles. The molecule has 5 nitrogen and oxygen atoms in total. The van der Waals surface area contributed by atoms with Crippen molar-refractivity contribution in [1.29, 1.82) is 0 Å². The minimum Gasteiger partial charge on any atom is -0.339 e. The number of benzene rings is 2. The number of nitrogens with one attached hydrogen (secondary N) is 2. The number of anilines is 3. The maximum absolute atomic E-state index is 12.2. The van der Waals surface area contributed by atoms with Crippen molar-refractivity contribution < 1.29 is 4.79 Å². The average Bonchev–Trinajstić information content (AvgIpc) is 2.59. The summed E-state index contributed by atoms with van der Waals surface area (Å²) in [5.74, 6) is 0.283. The Hall–Kier alpha value is -2.73. The Kier molecular flexibility index (Phi) is 4.86. The minimum atomic E-state index is -0.299. The van der Waals surface area contributed by atoms with Crippen LogP contribution in [0.5, 0.6) is 0 Å². The first kappa shape index (κ1) is 16.1. The molecule has 120 valence electrons. The van der Waals surface area contributed by atoms with E-state index in [4.69, 9.17) is 0 Å². The van der Waals surface area contributed by atoms with Crippen LogP contribution in [0.15, 0.2) is 65.4 Å². The highest BCUT2D eigenvalue weighted by Gasteiger charge is 2.08. The summed E-state index contributed by atoms with van der Waals surface area (Å²) in [7, 11) is 0. The molecule has 0 radical (unpaired) electrons. The van der Waals surface area contributed by atoms with Crippen molar-refractivity contribution in [2.45, 2.75) is 6.92 Å². The summed E-state index contributed by atoms with van der Waals surface area (Å²) in [6.45, 7) is 2.03. The van der Waals surface area contributed by atoms with Gasteiger partial charge < -0.3 is 10.6 Å². The number of carbonyl (C=O) groups excluding carboxylic acids is 1. The Labute approximate surface area is 148 Å². The molecule has 0 saturated heterocycles. The predicted octanol–water partition coefficient (Wildman–Crippen LogP) is 4.54. The van der Waals surface area contributed by atoms with Gasteiger partial charge in [-0.05, 0) is 43.3 Å². The van der Waals surface area contributed by atoms with E-state index in [1.54, 1.807) is 0 Å². The van der Waals surface area contributed by atoms with Crippen molar-refractivity contribution in [2.24, 2.45) is 0 Å². The Morgan fingerprint density at radius 2 is 1.58 bits per heavy atom. The Morgan fingerprint density at radius 3 is 2.21 bits per heavy atom. The predicted molar refractivity (Wildman–Crippen MR) is 98.6 cm³/mol. The molecule has 0 spiro atoms. The van der Waals surface area contributed by atoms with Crippen LogP contribution in [0.1, 0.15) is 16.1 Å². The SMILES string of the molecule is Cc1ccc(Nc2cnc(C(=O)Nc3ccc(Br)cc3)cn2)cc1. The molecule has 24 heavy (non-hydrogen) atoms. The molecule has 0 unspecified atom stereocenters. The lowest BCUT2D eigenvalue weighted by molar-refractivity contribution is 0.102. The molecule has 6 heteroatoms. The zero-order valence-corrected chi connectivity index (χ0v) is 14.5. The summed E-state index contributed by atoms with van der Waals surface area (Å²) in [5.41, 5.74) is 3.06. The normalized spacial score (nSPS) is 10.2. The van der Waals surface area contributed by atoms with Gasteiger partial charge in [0.15, 0.2) is 0 Å². The van der Waals surface area contributed by atoms with Crippen LogP contribution in [-0.4, -0.2) is 15.9 Å². The molecule has 3 rings (SSSR count). The number of amides is 1. The van der Waals surface area contributed by atoms with E-state index in [0.717, 1.165) is 10.2 Å². The van der Waals surface area contributed by atoms with Crippen LogP contribution < -0.4 is 10.6 Å². The Bertz CT molecular complexity index is 830. The quantitative estimate of drug-likeness (QED) is 0.694. The molecule has 3 aromatic rings. The van der Waals surface area contributed by atoms with Crippen LogP contribution in [0.3, 0.4) is 0 Å². The molecule has 0 bridgehead atoms. The van der Waals surface area contributed by atoms with E-state index in [0.29, 0.717) is 11.5 Å². The molecule has 0 aliphatic carbocycles. The Morgan fingerprint density at radius 1 is 0.917 bits per heavy atom. The van der Waals surface area contributed by atoms with Gasteiger partial charge in [0.1, 0.15) is 11.5 Å². The highest BCUT2D eigenvalue weighted by Crippen LogP contribution is 2.16. The van der Waals surface area contributed by atoms with Gasteiger partial charge in [-0.2, -0.15) is 0 Å². The van der Waals surface area contributed by atoms with E-state index in [9.17, 15) is 4.79 Å². The van der Waals surface area contributed by atoms with Crippen molar-refractivity contribution >= 4 is 39.0 Å². The average molecular weight is 383 g/mol. The number of carbonyl (C=O) groups is 1. The van der Waals surface area contributed by atoms with Gasteiger partial charge in [-0.15, -0.1) is 0 Å². The van der Waals surface area contributed by atoms with Crippen LogP contribution in [0.4, 0.5) is 17.2 Å². The van der Waals surface area contributed by atoms with Crippen molar-refractivity contribution in [3.8, 4) is 0 Å². The first-order valence-corrected chi connectivity index (χ1v) is 8.12. The minimum absolute atomic E-state index is 0.257. The number of aromatic nitrogens is 2. The Balaban J connectivity index is 1.66. The van der Waals surface area contributed by atoms with Gasteiger partial charge in [-0.25, -0.2) is 9.97 Å². The van der Waals surface area contributed by atoms with Crippen LogP contribution >= 0.6 is 15.9 Å². The van der Waals surface area contributed by atoms with Gasteiger partial charge in [-0.1, -0.05) is 33.6 Å². The van der Waals surface area contributed by atoms with E-state index in [-0.39, 0.29) is 11.6 Å². The summed E-state index contributed by atoms with van der Waals surface area (Å²) in [5, 5.41) is 5.92. The monoisotopic (exact) mass is 382 g/mol. The van der Waals surface area contributed by atoms with E-state index in [1.807, 2.05) is 55.5 Å². The standard InChI is InChI=1S/C18H15BrN4O/c1-12-2-6-14(7-3-12)22-17-11-20-16(10-21-17)18(24)23-15-8-4-13(19)5-9-15/h2-11H,1H3,(H,21,22)(H,23,24). The summed E-state index contributed by atoms with van der Waals surface area (Å²) in [6, 6.07) is 15.3.